The molecule has 0 N–H and O–H groups in total. The zero-order chi connectivity index (χ0) is 12.6. The van der Waals surface area contributed by atoms with E-state index >= 15 is 0 Å². The molecule has 0 spiro atoms. The molecule has 0 aliphatic heterocycles. The van der Waals surface area contributed by atoms with Crippen molar-refractivity contribution in [1.82, 2.24) is 0 Å². The van der Waals surface area contributed by atoms with E-state index in [0.29, 0.717) is 12.1 Å². The minimum absolute atomic E-state index is 0.0553. The highest BCUT2D eigenvalue weighted by atomic mass is 79.9. The predicted molar refractivity (Wildman–Crippen MR) is 45.8 cm³/mol. The van der Waals surface area contributed by atoms with E-state index in [2.05, 4.69) is 20.7 Å². The van der Waals surface area contributed by atoms with Crippen molar-refractivity contribution in [2.75, 3.05) is 0 Å². The molecule has 0 saturated heterocycles. The molecular weight excluding hydrogens is 306 g/mol. The Morgan fingerprint density at radius 1 is 1.00 bits per heavy atom. The van der Waals surface area contributed by atoms with E-state index in [0.717, 1.165) is 6.07 Å². The van der Waals surface area contributed by atoms with Crippen LogP contribution < -0.4 is 4.74 Å². The van der Waals surface area contributed by atoms with Gasteiger partial charge in [-0.3, -0.25) is 0 Å². The Hall–Kier alpha value is -0.920. The van der Waals surface area contributed by atoms with Crippen LogP contribution in [0.15, 0.2) is 22.7 Å². The molecule has 0 amide bonds. The van der Waals surface area contributed by atoms with E-state index in [4.69, 9.17) is 0 Å². The number of hydrogen-bond donors (Lipinski definition) is 0. The molecule has 1 nitrogen and oxygen atoms in total. The minimum atomic E-state index is -5.17. The van der Waals surface area contributed by atoms with Crippen molar-refractivity contribution < 1.29 is 31.1 Å². The molecule has 1 rings (SSSR count). The van der Waals surface area contributed by atoms with Gasteiger partial charge in [0.2, 0.25) is 0 Å². The van der Waals surface area contributed by atoms with Gasteiger partial charge in [-0.1, -0.05) is 15.9 Å². The Labute approximate surface area is 94.1 Å². The lowest BCUT2D eigenvalue weighted by atomic mass is 10.2. The molecule has 0 fully saturated rings. The maximum Gasteiger partial charge on any atom is 0.573 e. The molecule has 1 aromatic rings. The van der Waals surface area contributed by atoms with Crippen LogP contribution in [0, 0.1) is 0 Å². The van der Waals surface area contributed by atoms with Gasteiger partial charge in [0, 0.05) is 4.47 Å². The normalized spacial score (nSPS) is 12.7. The van der Waals surface area contributed by atoms with Crippen molar-refractivity contribution in [1.29, 1.82) is 0 Å². The van der Waals surface area contributed by atoms with Crippen LogP contribution >= 0.6 is 15.9 Å². The van der Waals surface area contributed by atoms with Gasteiger partial charge in [0.15, 0.2) is 0 Å². The van der Waals surface area contributed by atoms with Crippen LogP contribution in [-0.2, 0) is 6.18 Å². The summed E-state index contributed by atoms with van der Waals surface area (Å²) in [5.74, 6) is -1.28. The lowest BCUT2D eigenvalue weighted by Gasteiger charge is -2.15. The number of rotatable bonds is 1. The van der Waals surface area contributed by atoms with E-state index in [-0.39, 0.29) is 4.47 Å². The first kappa shape index (κ1) is 13.1. The molecule has 0 heterocycles. The minimum Gasteiger partial charge on any atom is -0.405 e. The third-order valence-corrected chi connectivity index (χ3v) is 1.97. The summed E-state index contributed by atoms with van der Waals surface area (Å²) in [4.78, 5) is 0. The molecule has 0 bridgehead atoms. The molecule has 0 radical (unpaired) electrons. The first-order valence-corrected chi connectivity index (χ1v) is 4.51. The van der Waals surface area contributed by atoms with E-state index in [1.165, 1.54) is 0 Å². The maximum absolute atomic E-state index is 12.3. The smallest absolute Gasteiger partial charge is 0.405 e. The largest absolute Gasteiger partial charge is 0.573 e. The van der Waals surface area contributed by atoms with Crippen LogP contribution in [0.1, 0.15) is 5.56 Å². The molecule has 0 aliphatic carbocycles. The third kappa shape index (κ3) is 3.58. The summed E-state index contributed by atoms with van der Waals surface area (Å²) in [6.07, 6.45) is -10.1. The highest BCUT2D eigenvalue weighted by Crippen LogP contribution is 2.39. The van der Waals surface area contributed by atoms with Gasteiger partial charge >= 0.3 is 12.5 Å². The monoisotopic (exact) mass is 308 g/mol. The zero-order valence-electron chi connectivity index (χ0n) is 7.29. The lowest BCUT2D eigenvalue weighted by Crippen LogP contribution is -2.20. The van der Waals surface area contributed by atoms with Gasteiger partial charge < -0.3 is 4.74 Å². The number of alkyl halides is 6. The molecule has 1 aromatic carbocycles. The van der Waals surface area contributed by atoms with Gasteiger partial charge in [-0.15, -0.1) is 13.2 Å². The lowest BCUT2D eigenvalue weighted by molar-refractivity contribution is -0.276. The Morgan fingerprint density at radius 2 is 1.56 bits per heavy atom. The van der Waals surface area contributed by atoms with Crippen molar-refractivity contribution in [3.63, 3.8) is 0 Å². The topological polar surface area (TPSA) is 9.23 Å². The van der Waals surface area contributed by atoms with Crippen LogP contribution in [0.2, 0.25) is 0 Å². The maximum atomic E-state index is 12.3. The average Bonchev–Trinajstić information content (AvgIpc) is 1.97. The summed E-state index contributed by atoms with van der Waals surface area (Å²) in [6, 6.07) is 2.09. The number of hydrogen-bond acceptors (Lipinski definition) is 1. The van der Waals surface area contributed by atoms with Gasteiger partial charge in [0.05, 0.1) is 5.56 Å². The van der Waals surface area contributed by atoms with Gasteiger partial charge in [-0.25, -0.2) is 0 Å². The Morgan fingerprint density at radius 3 is 2.00 bits per heavy atom. The number of halogens is 7. The van der Waals surface area contributed by atoms with Gasteiger partial charge in [0.25, 0.3) is 0 Å². The van der Waals surface area contributed by atoms with E-state index in [1.54, 1.807) is 0 Å². The Kier molecular flexibility index (Phi) is 3.41. The highest BCUT2D eigenvalue weighted by Gasteiger charge is 2.39. The van der Waals surface area contributed by atoms with Crippen LogP contribution in [0.5, 0.6) is 5.75 Å². The Bertz CT molecular complexity index is 383. The fourth-order valence-electron chi connectivity index (χ4n) is 0.939. The second kappa shape index (κ2) is 4.15. The second-order valence-corrected chi connectivity index (χ2v) is 3.60. The fourth-order valence-corrected chi connectivity index (χ4v) is 1.28. The first-order valence-electron chi connectivity index (χ1n) is 3.72. The van der Waals surface area contributed by atoms with Crippen LogP contribution in [-0.4, -0.2) is 6.36 Å². The van der Waals surface area contributed by atoms with Crippen LogP contribution in [0.3, 0.4) is 0 Å². The summed E-state index contributed by atoms with van der Waals surface area (Å²) in [7, 11) is 0. The molecule has 0 unspecified atom stereocenters. The molecular formula is C8H3BrF6O. The summed E-state index contributed by atoms with van der Waals surface area (Å²) in [5, 5.41) is 0. The van der Waals surface area contributed by atoms with Crippen molar-refractivity contribution in [3.8, 4) is 5.75 Å². The quantitative estimate of drug-likeness (QED) is 0.700. The van der Waals surface area contributed by atoms with E-state index in [1.807, 2.05) is 0 Å². The SMILES string of the molecule is FC(F)(F)Oc1cc(Br)ccc1C(F)(F)F. The highest BCUT2D eigenvalue weighted by molar-refractivity contribution is 9.10. The van der Waals surface area contributed by atoms with Gasteiger partial charge in [-0.05, 0) is 18.2 Å². The van der Waals surface area contributed by atoms with Crippen molar-refractivity contribution in [3.05, 3.63) is 28.2 Å². The molecule has 0 saturated carbocycles. The Balaban J connectivity index is 3.19. The van der Waals surface area contributed by atoms with Crippen LogP contribution in [0.4, 0.5) is 26.3 Å². The summed E-state index contributed by atoms with van der Waals surface area (Å²) in [6.45, 7) is 0. The molecule has 16 heavy (non-hydrogen) atoms. The van der Waals surface area contributed by atoms with Crippen LogP contribution in [0.25, 0.3) is 0 Å². The molecule has 0 aliphatic rings. The van der Waals surface area contributed by atoms with Gasteiger partial charge in [0.1, 0.15) is 5.75 Å². The molecule has 0 atom stereocenters. The van der Waals surface area contributed by atoms with Crippen molar-refractivity contribution >= 4 is 15.9 Å². The number of benzene rings is 1. The summed E-state index contributed by atoms with van der Waals surface area (Å²) >= 11 is 2.76. The van der Waals surface area contributed by atoms with Crippen molar-refractivity contribution in [2.24, 2.45) is 0 Å². The first-order chi connectivity index (χ1) is 7.09. The molecule has 0 aromatic heterocycles. The zero-order valence-corrected chi connectivity index (χ0v) is 8.87. The molecule has 90 valence electrons. The fraction of sp³-hybridized carbons (Fsp3) is 0.250. The number of ether oxygens (including phenoxy) is 1. The third-order valence-electron chi connectivity index (χ3n) is 1.47. The summed E-state index contributed by atoms with van der Waals surface area (Å²) < 4.78 is 75.7. The standard InChI is InChI=1S/C8H3BrF6O/c9-4-1-2-5(7(10,11)12)6(3-4)16-8(13,14)15/h1-3H. The average molecular weight is 309 g/mol. The van der Waals surface area contributed by atoms with Crippen molar-refractivity contribution in [2.45, 2.75) is 12.5 Å². The van der Waals surface area contributed by atoms with E-state index in [9.17, 15) is 26.3 Å². The second-order valence-electron chi connectivity index (χ2n) is 2.69. The molecule has 8 heteroatoms. The van der Waals surface area contributed by atoms with E-state index < -0.39 is 23.9 Å². The summed E-state index contributed by atoms with van der Waals surface area (Å²) in [5.41, 5.74) is -1.48. The predicted octanol–water partition coefficient (Wildman–Crippen LogP) is 4.37. The van der Waals surface area contributed by atoms with Gasteiger partial charge in [-0.2, -0.15) is 13.2 Å².